The maximum Gasteiger partial charge on any atom is 0.137 e. The van der Waals surface area contributed by atoms with Crippen LogP contribution in [0.5, 0.6) is 0 Å². The van der Waals surface area contributed by atoms with Crippen LogP contribution in [0.15, 0.2) is 43.5 Å². The van der Waals surface area contributed by atoms with Gasteiger partial charge in [0.2, 0.25) is 0 Å². The average Bonchev–Trinajstić information content (AvgIpc) is 3.21. The van der Waals surface area contributed by atoms with E-state index in [4.69, 9.17) is 0 Å². The van der Waals surface area contributed by atoms with Crippen LogP contribution in [0.2, 0.25) is 0 Å². The van der Waals surface area contributed by atoms with Crippen molar-refractivity contribution in [2.75, 3.05) is 0 Å². The molecule has 0 fully saturated rings. The van der Waals surface area contributed by atoms with Crippen molar-refractivity contribution in [3.05, 3.63) is 60.7 Å². The second-order valence-electron chi connectivity index (χ2n) is 5.41. The van der Waals surface area contributed by atoms with Crippen LogP contribution < -0.4 is 0 Å². The molecule has 2 heterocycles. The minimum atomic E-state index is -1.94. The fraction of sp³-hybridized carbons (Fsp3) is 0.333. The first-order valence-corrected chi connectivity index (χ1v) is 7.39. The predicted molar refractivity (Wildman–Crippen MR) is 79.6 cm³/mol. The third kappa shape index (κ3) is 2.78. The van der Waals surface area contributed by atoms with Crippen molar-refractivity contribution in [2.45, 2.75) is 31.5 Å². The highest BCUT2D eigenvalue weighted by molar-refractivity contribution is 5.27. The average molecular weight is 334 g/mol. The summed E-state index contributed by atoms with van der Waals surface area (Å²) in [6.07, 6.45) is 5.73. The summed E-state index contributed by atoms with van der Waals surface area (Å²) in [5, 5.41) is 19.4. The minimum Gasteiger partial charge on any atom is -0.381 e. The standard InChI is InChI=1S/C15H16F2N6O/c1-2-13(23-10-19-8-21-23)15(24,6-22-9-18-7-20-22)14-11(16)4-3-5-12(14)17/h3-5,7-10,13,24H,2,6H2,1H3. The Kier molecular flexibility index (Phi) is 4.34. The van der Waals surface area contributed by atoms with Gasteiger partial charge in [-0.25, -0.2) is 28.1 Å². The summed E-state index contributed by atoms with van der Waals surface area (Å²) in [6.45, 7) is 1.60. The summed E-state index contributed by atoms with van der Waals surface area (Å²) >= 11 is 0. The highest BCUT2D eigenvalue weighted by Crippen LogP contribution is 2.39. The first kappa shape index (κ1) is 16.2. The molecule has 0 saturated heterocycles. The van der Waals surface area contributed by atoms with Crippen LogP contribution >= 0.6 is 0 Å². The second-order valence-corrected chi connectivity index (χ2v) is 5.41. The number of halogens is 2. The molecule has 0 spiro atoms. The van der Waals surface area contributed by atoms with Gasteiger partial charge in [-0.05, 0) is 18.6 Å². The summed E-state index contributed by atoms with van der Waals surface area (Å²) in [5.41, 5.74) is -2.37. The van der Waals surface area contributed by atoms with E-state index in [2.05, 4.69) is 20.2 Å². The van der Waals surface area contributed by atoms with Gasteiger partial charge in [0.05, 0.1) is 18.2 Å². The fourth-order valence-corrected chi connectivity index (χ4v) is 2.95. The largest absolute Gasteiger partial charge is 0.381 e. The molecule has 2 aromatic heterocycles. The van der Waals surface area contributed by atoms with E-state index in [1.165, 1.54) is 40.7 Å². The van der Waals surface area contributed by atoms with Gasteiger partial charge in [-0.1, -0.05) is 13.0 Å². The Bertz CT molecular complexity index is 772. The Morgan fingerprint density at radius 2 is 1.79 bits per heavy atom. The lowest BCUT2D eigenvalue weighted by molar-refractivity contribution is -0.0476. The lowest BCUT2D eigenvalue weighted by Gasteiger charge is -2.36. The van der Waals surface area contributed by atoms with E-state index in [1.807, 2.05) is 0 Å². The highest BCUT2D eigenvalue weighted by atomic mass is 19.1. The van der Waals surface area contributed by atoms with Crippen molar-refractivity contribution < 1.29 is 13.9 Å². The van der Waals surface area contributed by atoms with Gasteiger partial charge in [0, 0.05) is 0 Å². The molecule has 3 aromatic rings. The summed E-state index contributed by atoms with van der Waals surface area (Å²) in [4.78, 5) is 7.67. The molecule has 2 atom stereocenters. The molecular weight excluding hydrogens is 318 g/mol. The Morgan fingerprint density at radius 3 is 2.33 bits per heavy atom. The summed E-state index contributed by atoms with van der Waals surface area (Å²) in [5.74, 6) is -1.67. The zero-order valence-electron chi connectivity index (χ0n) is 12.9. The Labute approximate surface area is 136 Å². The number of hydrogen-bond donors (Lipinski definition) is 1. The first-order chi connectivity index (χ1) is 11.6. The number of aliphatic hydroxyl groups is 1. The van der Waals surface area contributed by atoms with Gasteiger partial charge in [0.25, 0.3) is 0 Å². The van der Waals surface area contributed by atoms with Crippen LogP contribution in [0.4, 0.5) is 8.78 Å². The summed E-state index contributed by atoms with van der Waals surface area (Å²) < 4.78 is 31.6. The zero-order chi connectivity index (χ0) is 17.2. The third-order valence-corrected chi connectivity index (χ3v) is 3.96. The molecule has 3 rings (SSSR count). The minimum absolute atomic E-state index is 0.191. The zero-order valence-corrected chi connectivity index (χ0v) is 12.9. The molecule has 0 saturated carbocycles. The molecule has 24 heavy (non-hydrogen) atoms. The summed E-state index contributed by atoms with van der Waals surface area (Å²) in [6, 6.07) is 2.72. The quantitative estimate of drug-likeness (QED) is 0.742. The van der Waals surface area contributed by atoms with E-state index in [0.29, 0.717) is 6.42 Å². The van der Waals surface area contributed by atoms with Crippen LogP contribution in [0.3, 0.4) is 0 Å². The Hall–Kier alpha value is -2.68. The van der Waals surface area contributed by atoms with Gasteiger partial charge in [-0.15, -0.1) is 0 Å². The van der Waals surface area contributed by atoms with E-state index in [-0.39, 0.29) is 6.54 Å². The van der Waals surface area contributed by atoms with Crippen LogP contribution in [0.1, 0.15) is 24.9 Å². The highest BCUT2D eigenvalue weighted by Gasteiger charge is 2.44. The van der Waals surface area contributed by atoms with Gasteiger partial charge >= 0.3 is 0 Å². The van der Waals surface area contributed by atoms with Gasteiger partial charge < -0.3 is 5.11 Å². The van der Waals surface area contributed by atoms with E-state index >= 15 is 0 Å². The number of hydrogen-bond acceptors (Lipinski definition) is 5. The smallest absolute Gasteiger partial charge is 0.137 e. The molecule has 0 bridgehead atoms. The molecule has 0 radical (unpaired) electrons. The SMILES string of the molecule is CCC(n1cncn1)C(O)(Cn1cncn1)c1c(F)cccc1F. The molecule has 2 unspecified atom stereocenters. The molecule has 0 aliphatic heterocycles. The molecule has 9 heteroatoms. The van der Waals surface area contributed by atoms with Crippen LogP contribution in [-0.2, 0) is 12.1 Å². The molecule has 7 nitrogen and oxygen atoms in total. The van der Waals surface area contributed by atoms with E-state index < -0.39 is 28.8 Å². The molecule has 1 aromatic carbocycles. The second kappa shape index (κ2) is 6.44. The van der Waals surface area contributed by atoms with Gasteiger partial charge in [-0.2, -0.15) is 10.2 Å². The van der Waals surface area contributed by atoms with Crippen LogP contribution in [-0.4, -0.2) is 34.6 Å². The van der Waals surface area contributed by atoms with E-state index in [1.54, 1.807) is 6.92 Å². The number of nitrogens with zero attached hydrogens (tertiary/aromatic N) is 6. The topological polar surface area (TPSA) is 81.6 Å². The lowest BCUT2D eigenvalue weighted by Crippen LogP contribution is -2.42. The lowest BCUT2D eigenvalue weighted by atomic mass is 9.84. The van der Waals surface area contributed by atoms with E-state index in [0.717, 1.165) is 12.1 Å². The normalized spacial score (nSPS) is 15.2. The van der Waals surface area contributed by atoms with Crippen molar-refractivity contribution in [1.82, 2.24) is 29.5 Å². The molecule has 0 aliphatic carbocycles. The van der Waals surface area contributed by atoms with E-state index in [9.17, 15) is 13.9 Å². The number of benzene rings is 1. The fourth-order valence-electron chi connectivity index (χ4n) is 2.95. The maximum atomic E-state index is 14.4. The van der Waals surface area contributed by atoms with Crippen molar-refractivity contribution >= 4 is 0 Å². The monoisotopic (exact) mass is 334 g/mol. The van der Waals surface area contributed by atoms with Gasteiger partial charge in [0.1, 0.15) is 42.5 Å². The van der Waals surface area contributed by atoms with Crippen molar-refractivity contribution in [2.24, 2.45) is 0 Å². The van der Waals surface area contributed by atoms with Crippen molar-refractivity contribution in [3.8, 4) is 0 Å². The maximum absolute atomic E-state index is 14.4. The van der Waals surface area contributed by atoms with Gasteiger partial charge in [-0.3, -0.25) is 0 Å². The summed E-state index contributed by atoms with van der Waals surface area (Å²) in [7, 11) is 0. The molecule has 0 aliphatic rings. The number of rotatable bonds is 6. The van der Waals surface area contributed by atoms with Gasteiger partial charge in [0.15, 0.2) is 0 Å². The predicted octanol–water partition coefficient (Wildman–Crippen LogP) is 1.69. The van der Waals surface area contributed by atoms with Crippen LogP contribution in [0.25, 0.3) is 0 Å². The molecule has 1 N–H and O–H groups in total. The van der Waals surface area contributed by atoms with Crippen LogP contribution in [0, 0.1) is 11.6 Å². The molecule has 0 amide bonds. The Morgan fingerprint density at radius 1 is 1.12 bits per heavy atom. The van der Waals surface area contributed by atoms with Crippen molar-refractivity contribution in [1.29, 1.82) is 0 Å². The molecule has 126 valence electrons. The third-order valence-electron chi connectivity index (χ3n) is 3.96. The Balaban J connectivity index is 2.16. The number of aromatic nitrogens is 6. The molecular formula is C15H16F2N6O. The van der Waals surface area contributed by atoms with Crippen molar-refractivity contribution in [3.63, 3.8) is 0 Å². The first-order valence-electron chi connectivity index (χ1n) is 7.39.